The summed E-state index contributed by atoms with van der Waals surface area (Å²) in [5, 5.41) is 6.22. The second kappa shape index (κ2) is 14.5. The largest absolute Gasteiger partial charge is 0.416 e. The molecule has 1 aliphatic rings. The van der Waals surface area contributed by atoms with Crippen LogP contribution in [0.2, 0.25) is 0 Å². The molecule has 0 saturated carbocycles. The molecule has 30 heavy (non-hydrogen) atoms. The number of alkyl halides is 3. The lowest BCUT2D eigenvalue weighted by Crippen LogP contribution is -2.37. The molecule has 168 valence electrons. The molecule has 0 aromatic heterocycles. The Bertz CT molecular complexity index is 694. The fourth-order valence-electron chi connectivity index (χ4n) is 2.68. The number of benzene rings is 1. The number of hydrogen-bond acceptors (Lipinski definition) is 3. The molecule has 1 saturated heterocycles. The van der Waals surface area contributed by atoms with Gasteiger partial charge in [0.2, 0.25) is 0 Å². The van der Waals surface area contributed by atoms with Gasteiger partial charge in [-0.2, -0.15) is 13.2 Å². The van der Waals surface area contributed by atoms with Crippen LogP contribution >= 0.6 is 24.0 Å². The molecule has 2 N–H and O–H groups in total. The molecule has 1 aromatic carbocycles. The van der Waals surface area contributed by atoms with Gasteiger partial charge in [0.1, 0.15) is 0 Å². The number of nitrogens with one attached hydrogen (secondary N) is 2. The third kappa shape index (κ3) is 10.5. The molecule has 0 spiro atoms. The summed E-state index contributed by atoms with van der Waals surface area (Å²) < 4.78 is 48.6. The highest BCUT2D eigenvalue weighted by atomic mass is 127. The van der Waals surface area contributed by atoms with Gasteiger partial charge in [-0.3, -0.25) is 4.99 Å². The van der Waals surface area contributed by atoms with Crippen molar-refractivity contribution in [1.82, 2.24) is 10.6 Å². The maximum absolute atomic E-state index is 12.5. The van der Waals surface area contributed by atoms with E-state index in [0.29, 0.717) is 37.1 Å². The fraction of sp³-hybridized carbons (Fsp3) is 0.571. The maximum Gasteiger partial charge on any atom is 0.416 e. The topological polar surface area (TPSA) is 54.9 Å². The van der Waals surface area contributed by atoms with E-state index < -0.39 is 11.7 Å². The molecular weight excluding hydrogens is 510 g/mol. The molecule has 1 aromatic rings. The van der Waals surface area contributed by atoms with Gasteiger partial charge in [0.25, 0.3) is 0 Å². The first-order valence-electron chi connectivity index (χ1n) is 9.83. The zero-order chi connectivity index (χ0) is 21.0. The van der Waals surface area contributed by atoms with Crippen molar-refractivity contribution in [3.8, 4) is 11.8 Å². The molecule has 1 heterocycles. The molecule has 0 bridgehead atoms. The highest BCUT2D eigenvalue weighted by Gasteiger charge is 2.29. The first-order chi connectivity index (χ1) is 14.0. The molecule has 0 radical (unpaired) electrons. The van der Waals surface area contributed by atoms with Gasteiger partial charge in [0.05, 0.1) is 25.3 Å². The summed E-state index contributed by atoms with van der Waals surface area (Å²) in [4.78, 5) is 4.46. The Morgan fingerprint density at radius 3 is 2.67 bits per heavy atom. The molecule has 1 atom stereocenters. The van der Waals surface area contributed by atoms with Gasteiger partial charge in [0, 0.05) is 37.8 Å². The van der Waals surface area contributed by atoms with Gasteiger partial charge in [-0.25, -0.2) is 0 Å². The lowest BCUT2D eigenvalue weighted by molar-refractivity contribution is -0.137. The zero-order valence-corrected chi connectivity index (χ0v) is 19.4. The predicted octanol–water partition coefficient (Wildman–Crippen LogP) is 3.67. The standard InChI is InChI=1S/C21H28F3N3O2.HI/c1-2-25-20(27-12-4-13-28-15-18-10-14-29-16-18)26-11-3-5-17-6-8-19(9-7-17)21(22,23)24;/h6-9,18H,2,4,10-16H2,1H3,(H2,25,26,27);1H. The third-order valence-corrected chi connectivity index (χ3v) is 4.23. The third-order valence-electron chi connectivity index (χ3n) is 4.23. The Morgan fingerprint density at radius 2 is 2.03 bits per heavy atom. The van der Waals surface area contributed by atoms with Gasteiger partial charge in [-0.05, 0) is 44.0 Å². The van der Waals surface area contributed by atoms with Crippen LogP contribution in [0.5, 0.6) is 0 Å². The van der Waals surface area contributed by atoms with Crippen molar-refractivity contribution in [3.63, 3.8) is 0 Å². The van der Waals surface area contributed by atoms with Crippen LogP contribution in [-0.2, 0) is 15.7 Å². The average Bonchev–Trinajstić information content (AvgIpc) is 3.21. The molecular formula is C21H29F3IN3O2. The van der Waals surface area contributed by atoms with E-state index in [2.05, 4.69) is 27.5 Å². The first-order valence-corrected chi connectivity index (χ1v) is 9.83. The molecule has 1 aliphatic heterocycles. The summed E-state index contributed by atoms with van der Waals surface area (Å²) in [7, 11) is 0. The van der Waals surface area contributed by atoms with Crippen LogP contribution in [0.25, 0.3) is 0 Å². The number of rotatable bonds is 8. The van der Waals surface area contributed by atoms with Crippen molar-refractivity contribution in [1.29, 1.82) is 0 Å². The van der Waals surface area contributed by atoms with E-state index in [1.165, 1.54) is 12.1 Å². The van der Waals surface area contributed by atoms with Crippen LogP contribution in [-0.4, -0.2) is 52.0 Å². The van der Waals surface area contributed by atoms with Crippen LogP contribution in [0.3, 0.4) is 0 Å². The van der Waals surface area contributed by atoms with Crippen LogP contribution in [0.1, 0.15) is 30.9 Å². The van der Waals surface area contributed by atoms with E-state index >= 15 is 0 Å². The fourth-order valence-corrected chi connectivity index (χ4v) is 2.68. The minimum atomic E-state index is -4.33. The summed E-state index contributed by atoms with van der Waals surface area (Å²) in [6, 6.07) is 4.80. The Kier molecular flexibility index (Phi) is 12.8. The Hall–Kier alpha value is -1.51. The number of hydrogen-bond donors (Lipinski definition) is 2. The highest BCUT2D eigenvalue weighted by Crippen LogP contribution is 2.28. The van der Waals surface area contributed by atoms with Crippen molar-refractivity contribution in [2.45, 2.75) is 25.9 Å². The van der Waals surface area contributed by atoms with Gasteiger partial charge in [-0.15, -0.1) is 24.0 Å². The van der Waals surface area contributed by atoms with Crippen LogP contribution in [0.15, 0.2) is 29.3 Å². The molecule has 2 rings (SSSR count). The van der Waals surface area contributed by atoms with E-state index in [4.69, 9.17) is 9.47 Å². The summed E-state index contributed by atoms with van der Waals surface area (Å²) in [6.45, 7) is 6.68. The molecule has 5 nitrogen and oxygen atoms in total. The lowest BCUT2D eigenvalue weighted by Gasteiger charge is -2.10. The van der Waals surface area contributed by atoms with Gasteiger partial charge in [-0.1, -0.05) is 11.8 Å². The van der Waals surface area contributed by atoms with Crippen molar-refractivity contribution in [2.75, 3.05) is 46.1 Å². The van der Waals surface area contributed by atoms with Crippen LogP contribution < -0.4 is 10.6 Å². The quantitative estimate of drug-likeness (QED) is 0.174. The Morgan fingerprint density at radius 1 is 1.27 bits per heavy atom. The van der Waals surface area contributed by atoms with E-state index in [-0.39, 0.29) is 24.0 Å². The molecule has 9 heteroatoms. The van der Waals surface area contributed by atoms with Gasteiger partial charge < -0.3 is 20.1 Å². The van der Waals surface area contributed by atoms with Crippen LogP contribution in [0.4, 0.5) is 13.2 Å². The maximum atomic E-state index is 12.5. The predicted molar refractivity (Wildman–Crippen MR) is 122 cm³/mol. The Labute approximate surface area is 193 Å². The van der Waals surface area contributed by atoms with Gasteiger partial charge >= 0.3 is 6.18 Å². The van der Waals surface area contributed by atoms with E-state index in [0.717, 1.165) is 51.3 Å². The number of halogens is 4. The second-order valence-corrected chi connectivity index (χ2v) is 6.65. The monoisotopic (exact) mass is 539 g/mol. The van der Waals surface area contributed by atoms with Crippen molar-refractivity contribution in [2.24, 2.45) is 10.9 Å². The summed E-state index contributed by atoms with van der Waals surface area (Å²) in [6.07, 6.45) is -2.44. The second-order valence-electron chi connectivity index (χ2n) is 6.65. The first kappa shape index (κ1) is 26.5. The summed E-state index contributed by atoms with van der Waals surface area (Å²) in [5.41, 5.74) is -0.144. The minimum absolute atomic E-state index is 0. The van der Waals surface area contributed by atoms with Gasteiger partial charge in [0.15, 0.2) is 5.96 Å². The number of guanidine groups is 1. The van der Waals surface area contributed by atoms with Crippen molar-refractivity contribution >= 4 is 29.9 Å². The van der Waals surface area contributed by atoms with Crippen LogP contribution in [0, 0.1) is 17.8 Å². The number of aliphatic imine (C=N–C) groups is 1. The van der Waals surface area contributed by atoms with E-state index in [1.54, 1.807) is 0 Å². The molecule has 0 aliphatic carbocycles. The summed E-state index contributed by atoms with van der Waals surface area (Å²) >= 11 is 0. The smallest absolute Gasteiger partial charge is 0.381 e. The Balaban J connectivity index is 0.00000450. The highest BCUT2D eigenvalue weighted by molar-refractivity contribution is 14.0. The SMILES string of the molecule is CCNC(=NCCCOCC1CCOC1)NCC#Cc1ccc(C(F)(F)F)cc1.I. The van der Waals surface area contributed by atoms with E-state index in [9.17, 15) is 13.2 Å². The van der Waals surface area contributed by atoms with Crippen molar-refractivity contribution < 1.29 is 22.6 Å². The number of nitrogens with zero attached hydrogens (tertiary/aromatic N) is 1. The number of ether oxygens (including phenoxy) is 2. The normalized spacial score (nSPS) is 16.4. The molecule has 1 fully saturated rings. The van der Waals surface area contributed by atoms with Crippen molar-refractivity contribution in [3.05, 3.63) is 35.4 Å². The summed E-state index contributed by atoms with van der Waals surface area (Å²) in [5.74, 6) is 6.90. The van der Waals surface area contributed by atoms with E-state index in [1.807, 2.05) is 6.92 Å². The molecule has 1 unspecified atom stereocenters. The average molecular weight is 539 g/mol. The zero-order valence-electron chi connectivity index (χ0n) is 17.1. The lowest BCUT2D eigenvalue weighted by atomic mass is 10.1. The minimum Gasteiger partial charge on any atom is -0.381 e. The molecule has 0 amide bonds.